The summed E-state index contributed by atoms with van der Waals surface area (Å²) in [5.41, 5.74) is 0.909. The molecule has 0 spiro atoms. The fourth-order valence-electron chi connectivity index (χ4n) is 2.46. The summed E-state index contributed by atoms with van der Waals surface area (Å²) in [5, 5.41) is 5.23. The van der Waals surface area contributed by atoms with Gasteiger partial charge in [-0.15, -0.1) is 0 Å². The zero-order valence-electron chi connectivity index (χ0n) is 13.6. The number of halogens is 2. The third-order valence-electron chi connectivity index (χ3n) is 3.89. The monoisotopic (exact) mass is 379 g/mol. The fourth-order valence-corrected chi connectivity index (χ4v) is 2.84. The Kier molecular flexibility index (Phi) is 4.78. The standard InChI is InChI=1S/C16H15Cl2N5O2/c1-21(7-10-4-3-5-12(17)14(10)18)13(24)8-23-9-19-15-11(16(23)25)6-20-22(15)2/h3-6,9H,7-8H2,1-2H3. The van der Waals surface area contributed by atoms with Crippen molar-refractivity contribution >= 4 is 40.1 Å². The number of rotatable bonds is 4. The molecule has 0 radical (unpaired) electrons. The molecule has 130 valence electrons. The van der Waals surface area contributed by atoms with E-state index in [1.807, 2.05) is 0 Å². The Morgan fingerprint density at radius 3 is 2.84 bits per heavy atom. The Morgan fingerprint density at radius 1 is 1.32 bits per heavy atom. The predicted molar refractivity (Wildman–Crippen MR) is 95.7 cm³/mol. The van der Waals surface area contributed by atoms with Gasteiger partial charge in [-0.2, -0.15) is 5.10 Å². The third kappa shape index (κ3) is 3.38. The Labute approximate surface area is 153 Å². The van der Waals surface area contributed by atoms with Gasteiger partial charge in [0.25, 0.3) is 5.56 Å². The minimum Gasteiger partial charge on any atom is -0.340 e. The molecular formula is C16H15Cl2N5O2. The van der Waals surface area contributed by atoms with Crippen molar-refractivity contribution in [2.75, 3.05) is 7.05 Å². The number of carbonyl (C=O) groups is 1. The van der Waals surface area contributed by atoms with Gasteiger partial charge in [0.05, 0.1) is 16.2 Å². The Bertz CT molecular complexity index is 1010. The van der Waals surface area contributed by atoms with Gasteiger partial charge in [0.1, 0.15) is 18.3 Å². The van der Waals surface area contributed by atoms with E-state index in [1.165, 1.54) is 26.7 Å². The van der Waals surface area contributed by atoms with Crippen molar-refractivity contribution in [1.82, 2.24) is 24.2 Å². The molecule has 0 unspecified atom stereocenters. The lowest BCUT2D eigenvalue weighted by molar-refractivity contribution is -0.131. The summed E-state index contributed by atoms with van der Waals surface area (Å²) in [4.78, 5) is 30.5. The molecule has 0 atom stereocenters. The average Bonchev–Trinajstić information content (AvgIpc) is 2.96. The maximum absolute atomic E-state index is 12.4. The number of amides is 1. The number of benzene rings is 1. The van der Waals surface area contributed by atoms with Crippen LogP contribution in [0.5, 0.6) is 0 Å². The van der Waals surface area contributed by atoms with Crippen molar-refractivity contribution in [3.63, 3.8) is 0 Å². The van der Waals surface area contributed by atoms with Gasteiger partial charge in [-0.25, -0.2) is 4.98 Å². The van der Waals surface area contributed by atoms with Crippen LogP contribution in [0.25, 0.3) is 11.0 Å². The highest BCUT2D eigenvalue weighted by molar-refractivity contribution is 6.42. The van der Waals surface area contributed by atoms with Gasteiger partial charge in [0, 0.05) is 20.6 Å². The second-order valence-corrected chi connectivity index (χ2v) is 6.43. The number of hydrogen-bond donors (Lipinski definition) is 0. The van der Waals surface area contributed by atoms with E-state index in [0.29, 0.717) is 21.1 Å². The summed E-state index contributed by atoms with van der Waals surface area (Å²) in [7, 11) is 3.34. The summed E-state index contributed by atoms with van der Waals surface area (Å²) >= 11 is 12.1. The van der Waals surface area contributed by atoms with Gasteiger partial charge in [0.2, 0.25) is 5.91 Å². The van der Waals surface area contributed by atoms with Crippen LogP contribution in [0.2, 0.25) is 10.0 Å². The molecule has 3 aromatic rings. The van der Waals surface area contributed by atoms with Crippen LogP contribution in [0, 0.1) is 0 Å². The molecule has 0 fully saturated rings. The van der Waals surface area contributed by atoms with Crippen LogP contribution < -0.4 is 5.56 Å². The largest absolute Gasteiger partial charge is 0.340 e. The average molecular weight is 380 g/mol. The van der Waals surface area contributed by atoms with Crippen molar-refractivity contribution in [2.24, 2.45) is 7.05 Å². The molecule has 0 aliphatic rings. The zero-order valence-corrected chi connectivity index (χ0v) is 15.1. The highest BCUT2D eigenvalue weighted by atomic mass is 35.5. The molecule has 1 aromatic carbocycles. The van der Waals surface area contributed by atoms with Gasteiger partial charge in [0.15, 0.2) is 5.65 Å². The Hall–Kier alpha value is -2.38. The quantitative estimate of drug-likeness (QED) is 0.695. The van der Waals surface area contributed by atoms with Crippen LogP contribution >= 0.6 is 23.2 Å². The number of likely N-dealkylation sites (N-methyl/N-ethyl adjacent to an activating group) is 1. The summed E-state index contributed by atoms with van der Waals surface area (Å²) < 4.78 is 2.78. The summed E-state index contributed by atoms with van der Waals surface area (Å²) in [5.74, 6) is -0.247. The number of aryl methyl sites for hydroxylation is 1. The Balaban J connectivity index is 1.79. The number of fused-ring (bicyclic) bond motifs is 1. The Morgan fingerprint density at radius 2 is 2.08 bits per heavy atom. The van der Waals surface area contributed by atoms with E-state index in [0.717, 1.165) is 5.56 Å². The molecule has 0 aliphatic carbocycles. The molecule has 0 bridgehead atoms. The highest BCUT2D eigenvalue weighted by Gasteiger charge is 2.15. The first-order chi connectivity index (χ1) is 11.9. The minimum atomic E-state index is -0.305. The second kappa shape index (κ2) is 6.85. The second-order valence-electron chi connectivity index (χ2n) is 5.65. The molecular weight excluding hydrogens is 365 g/mol. The third-order valence-corrected chi connectivity index (χ3v) is 4.75. The molecule has 25 heavy (non-hydrogen) atoms. The summed E-state index contributed by atoms with van der Waals surface area (Å²) in [6, 6.07) is 5.25. The molecule has 7 nitrogen and oxygen atoms in total. The van der Waals surface area contributed by atoms with Crippen LogP contribution in [0.15, 0.2) is 35.5 Å². The molecule has 0 aliphatic heterocycles. The first kappa shape index (κ1) is 17.4. The number of nitrogens with zero attached hydrogens (tertiary/aromatic N) is 5. The zero-order chi connectivity index (χ0) is 18.1. The van der Waals surface area contributed by atoms with Gasteiger partial charge in [-0.1, -0.05) is 35.3 Å². The maximum atomic E-state index is 12.4. The lowest BCUT2D eigenvalue weighted by Crippen LogP contribution is -2.33. The van der Waals surface area contributed by atoms with Gasteiger partial charge < -0.3 is 4.90 Å². The predicted octanol–water partition coefficient (Wildman–Crippen LogP) is 2.10. The minimum absolute atomic E-state index is 0.120. The van der Waals surface area contributed by atoms with Crippen LogP contribution in [0.4, 0.5) is 0 Å². The van der Waals surface area contributed by atoms with Crippen LogP contribution in [0.3, 0.4) is 0 Å². The van der Waals surface area contributed by atoms with Crippen molar-refractivity contribution in [2.45, 2.75) is 13.1 Å². The van der Waals surface area contributed by atoms with Crippen molar-refractivity contribution < 1.29 is 4.79 Å². The first-order valence-electron chi connectivity index (χ1n) is 7.42. The van der Waals surface area contributed by atoms with Crippen molar-refractivity contribution in [1.29, 1.82) is 0 Å². The number of hydrogen-bond acceptors (Lipinski definition) is 4. The summed E-state index contributed by atoms with van der Waals surface area (Å²) in [6.07, 6.45) is 2.80. The van der Waals surface area contributed by atoms with E-state index >= 15 is 0 Å². The van der Waals surface area contributed by atoms with Gasteiger partial charge >= 0.3 is 0 Å². The molecule has 0 N–H and O–H groups in total. The smallest absolute Gasteiger partial charge is 0.264 e. The van der Waals surface area contributed by atoms with E-state index in [4.69, 9.17) is 23.2 Å². The van der Waals surface area contributed by atoms with E-state index in [9.17, 15) is 9.59 Å². The number of aromatic nitrogens is 4. The van der Waals surface area contributed by atoms with Crippen LogP contribution in [-0.2, 0) is 24.9 Å². The molecule has 3 rings (SSSR count). The highest BCUT2D eigenvalue weighted by Crippen LogP contribution is 2.26. The van der Waals surface area contributed by atoms with Crippen LogP contribution in [0.1, 0.15) is 5.56 Å². The van der Waals surface area contributed by atoms with Gasteiger partial charge in [-0.05, 0) is 11.6 Å². The van der Waals surface area contributed by atoms with E-state index in [-0.39, 0.29) is 24.6 Å². The molecule has 1 amide bonds. The molecule has 9 heteroatoms. The molecule has 0 saturated carbocycles. The molecule has 2 aromatic heterocycles. The van der Waals surface area contributed by atoms with E-state index in [2.05, 4.69) is 10.1 Å². The molecule has 2 heterocycles. The van der Waals surface area contributed by atoms with Crippen molar-refractivity contribution in [3.05, 3.63) is 56.7 Å². The molecule has 0 saturated heterocycles. The topological polar surface area (TPSA) is 73.0 Å². The SMILES string of the molecule is CN(Cc1cccc(Cl)c1Cl)C(=O)Cn1cnc2c(cnn2C)c1=O. The number of carbonyl (C=O) groups excluding carboxylic acids is 1. The van der Waals surface area contributed by atoms with Crippen molar-refractivity contribution in [3.8, 4) is 0 Å². The van der Waals surface area contributed by atoms with E-state index in [1.54, 1.807) is 32.3 Å². The first-order valence-corrected chi connectivity index (χ1v) is 8.18. The van der Waals surface area contributed by atoms with E-state index < -0.39 is 0 Å². The fraction of sp³-hybridized carbons (Fsp3) is 0.250. The maximum Gasteiger partial charge on any atom is 0.264 e. The lowest BCUT2D eigenvalue weighted by atomic mass is 10.2. The van der Waals surface area contributed by atoms with Crippen LogP contribution in [-0.4, -0.2) is 37.2 Å². The van der Waals surface area contributed by atoms with Gasteiger partial charge in [-0.3, -0.25) is 18.8 Å². The lowest BCUT2D eigenvalue weighted by Gasteiger charge is -2.19. The summed E-state index contributed by atoms with van der Waals surface area (Å²) in [6.45, 7) is 0.168. The normalized spacial score (nSPS) is 11.0.